The fraction of sp³-hybridized carbons (Fsp3) is 0.833. The number of amides is 2. The van der Waals surface area contributed by atoms with E-state index in [1.165, 1.54) is 6.42 Å². The first-order valence-electron chi connectivity index (χ1n) is 6.64. The quantitative estimate of drug-likeness (QED) is 0.762. The van der Waals surface area contributed by atoms with Crippen LogP contribution in [0.4, 0.5) is 4.79 Å². The zero-order chi connectivity index (χ0) is 13.1. The van der Waals surface area contributed by atoms with Crippen LogP contribution in [0.3, 0.4) is 0 Å². The van der Waals surface area contributed by atoms with E-state index in [0.717, 1.165) is 26.1 Å². The molecule has 0 saturated carbocycles. The van der Waals surface area contributed by atoms with Crippen LogP contribution >= 0.6 is 0 Å². The molecule has 2 aliphatic rings. The van der Waals surface area contributed by atoms with Gasteiger partial charge in [0.05, 0.1) is 0 Å². The summed E-state index contributed by atoms with van der Waals surface area (Å²) in [6, 6.07) is -0.552. The van der Waals surface area contributed by atoms with E-state index in [9.17, 15) is 9.59 Å². The van der Waals surface area contributed by atoms with Gasteiger partial charge in [0, 0.05) is 25.7 Å². The smallest absolute Gasteiger partial charge is 0.326 e. The van der Waals surface area contributed by atoms with Crippen molar-refractivity contribution >= 4 is 12.0 Å². The average Bonchev–Trinajstić information content (AvgIpc) is 2.82. The van der Waals surface area contributed by atoms with Crippen molar-refractivity contribution in [3.8, 4) is 0 Å². The maximum atomic E-state index is 12.0. The number of aliphatic carboxylic acids is 1. The number of urea groups is 1. The topological polar surface area (TPSA) is 72.9 Å². The van der Waals surface area contributed by atoms with Crippen molar-refractivity contribution in [1.29, 1.82) is 0 Å². The maximum Gasteiger partial charge on any atom is 0.326 e. The molecule has 0 radical (unpaired) electrons. The van der Waals surface area contributed by atoms with Gasteiger partial charge in [-0.3, -0.25) is 4.90 Å². The molecule has 0 aromatic rings. The largest absolute Gasteiger partial charge is 0.480 e. The third-order valence-corrected chi connectivity index (χ3v) is 3.88. The minimum atomic E-state index is -0.967. The fourth-order valence-corrected chi connectivity index (χ4v) is 2.75. The number of carbonyl (C=O) groups excluding carboxylic acids is 1. The van der Waals surface area contributed by atoms with E-state index in [2.05, 4.69) is 10.2 Å². The summed E-state index contributed by atoms with van der Waals surface area (Å²) in [6.45, 7) is 5.21. The second-order valence-electron chi connectivity index (χ2n) is 5.03. The normalized spacial score (nSPS) is 25.6. The molecule has 0 aromatic heterocycles. The Bertz CT molecular complexity index is 335. The number of hydrogen-bond donors (Lipinski definition) is 2. The van der Waals surface area contributed by atoms with Crippen LogP contribution in [0.1, 0.15) is 26.2 Å². The predicted octanol–water partition coefficient (Wildman–Crippen LogP) is 0.339. The Hall–Kier alpha value is -1.30. The van der Waals surface area contributed by atoms with E-state index in [-0.39, 0.29) is 6.03 Å². The second-order valence-corrected chi connectivity index (χ2v) is 5.03. The average molecular weight is 255 g/mol. The van der Waals surface area contributed by atoms with Crippen LogP contribution in [-0.2, 0) is 4.79 Å². The van der Waals surface area contributed by atoms with Gasteiger partial charge >= 0.3 is 12.0 Å². The molecule has 2 saturated heterocycles. The lowest BCUT2D eigenvalue weighted by atomic mass is 10.1. The Balaban J connectivity index is 1.87. The fourth-order valence-electron chi connectivity index (χ4n) is 2.75. The molecule has 0 bridgehead atoms. The van der Waals surface area contributed by atoms with Gasteiger partial charge in [-0.25, -0.2) is 9.59 Å². The summed E-state index contributed by atoms with van der Waals surface area (Å²) >= 11 is 0. The number of carboxylic acid groups (broad SMARTS) is 1. The molecule has 6 nitrogen and oxygen atoms in total. The van der Waals surface area contributed by atoms with Crippen molar-refractivity contribution in [2.45, 2.75) is 38.3 Å². The van der Waals surface area contributed by atoms with E-state index < -0.39 is 12.0 Å². The highest BCUT2D eigenvalue weighted by molar-refractivity contribution is 5.82. The highest BCUT2D eigenvalue weighted by atomic mass is 16.4. The number of nitrogens with zero attached hydrogens (tertiary/aromatic N) is 2. The summed E-state index contributed by atoms with van der Waals surface area (Å²) in [5, 5.41) is 11.5. The second kappa shape index (κ2) is 5.56. The summed E-state index contributed by atoms with van der Waals surface area (Å²) in [5.74, 6) is -0.967. The molecule has 2 aliphatic heterocycles. The number of piperazine rings is 1. The summed E-state index contributed by atoms with van der Waals surface area (Å²) < 4.78 is 0. The third kappa shape index (κ3) is 2.75. The summed E-state index contributed by atoms with van der Waals surface area (Å²) in [7, 11) is 0. The van der Waals surface area contributed by atoms with Crippen LogP contribution < -0.4 is 5.32 Å². The van der Waals surface area contributed by atoms with Gasteiger partial charge in [-0.15, -0.1) is 0 Å². The molecule has 2 rings (SSSR count). The van der Waals surface area contributed by atoms with Gasteiger partial charge in [-0.05, 0) is 25.8 Å². The van der Waals surface area contributed by atoms with Crippen molar-refractivity contribution in [2.24, 2.45) is 0 Å². The van der Waals surface area contributed by atoms with Crippen molar-refractivity contribution in [3.63, 3.8) is 0 Å². The molecule has 18 heavy (non-hydrogen) atoms. The van der Waals surface area contributed by atoms with E-state index in [4.69, 9.17) is 5.11 Å². The van der Waals surface area contributed by atoms with E-state index in [0.29, 0.717) is 19.0 Å². The molecule has 0 aliphatic carbocycles. The van der Waals surface area contributed by atoms with Gasteiger partial charge in [0.2, 0.25) is 0 Å². The van der Waals surface area contributed by atoms with Crippen LogP contribution in [0.25, 0.3) is 0 Å². The molecule has 2 fully saturated rings. The van der Waals surface area contributed by atoms with Gasteiger partial charge in [-0.2, -0.15) is 0 Å². The Labute approximate surface area is 107 Å². The molecule has 2 N–H and O–H groups in total. The Morgan fingerprint density at radius 3 is 2.83 bits per heavy atom. The van der Waals surface area contributed by atoms with Crippen LogP contribution in [-0.4, -0.2) is 65.2 Å². The van der Waals surface area contributed by atoms with Gasteiger partial charge in [-0.1, -0.05) is 6.92 Å². The lowest BCUT2D eigenvalue weighted by Gasteiger charge is -2.37. The van der Waals surface area contributed by atoms with Gasteiger partial charge in [0.25, 0.3) is 0 Å². The van der Waals surface area contributed by atoms with E-state index in [1.54, 1.807) is 11.8 Å². The Morgan fingerprint density at radius 1 is 1.39 bits per heavy atom. The van der Waals surface area contributed by atoms with Crippen LogP contribution in [0, 0.1) is 0 Å². The van der Waals surface area contributed by atoms with Gasteiger partial charge < -0.3 is 15.3 Å². The number of fused-ring (bicyclic) bond motifs is 1. The van der Waals surface area contributed by atoms with E-state index >= 15 is 0 Å². The van der Waals surface area contributed by atoms with Crippen LogP contribution in [0.15, 0.2) is 0 Å². The molecule has 0 aromatic carbocycles. The SMILES string of the molecule is CC[C@@H](NC(=O)N1CCN2CCCC2C1)C(=O)O. The predicted molar refractivity (Wildman–Crippen MR) is 66.4 cm³/mol. The minimum Gasteiger partial charge on any atom is -0.480 e. The third-order valence-electron chi connectivity index (χ3n) is 3.88. The molecule has 2 heterocycles. The first-order chi connectivity index (χ1) is 8.61. The van der Waals surface area contributed by atoms with Crippen molar-refractivity contribution in [2.75, 3.05) is 26.2 Å². The first kappa shape index (κ1) is 13.1. The number of carbonyl (C=O) groups is 2. The number of nitrogens with one attached hydrogen (secondary N) is 1. The molecular formula is C12H21N3O3. The zero-order valence-corrected chi connectivity index (χ0v) is 10.8. The first-order valence-corrected chi connectivity index (χ1v) is 6.64. The minimum absolute atomic E-state index is 0.240. The van der Waals surface area contributed by atoms with Gasteiger partial charge in [0.15, 0.2) is 0 Å². The molecular weight excluding hydrogens is 234 g/mol. The molecule has 6 heteroatoms. The Kier molecular flexibility index (Phi) is 4.06. The molecule has 2 atom stereocenters. The summed E-state index contributed by atoms with van der Waals surface area (Å²) in [6.07, 6.45) is 2.75. The summed E-state index contributed by atoms with van der Waals surface area (Å²) in [5.41, 5.74) is 0. The van der Waals surface area contributed by atoms with Crippen LogP contribution in [0.5, 0.6) is 0 Å². The molecule has 1 unspecified atom stereocenters. The molecule has 2 amide bonds. The van der Waals surface area contributed by atoms with Crippen molar-refractivity contribution in [1.82, 2.24) is 15.1 Å². The highest BCUT2D eigenvalue weighted by Gasteiger charge is 2.33. The molecule has 102 valence electrons. The van der Waals surface area contributed by atoms with Crippen molar-refractivity contribution in [3.05, 3.63) is 0 Å². The number of rotatable bonds is 3. The molecule has 0 spiro atoms. The Morgan fingerprint density at radius 2 is 2.17 bits per heavy atom. The lowest BCUT2D eigenvalue weighted by Crippen LogP contribution is -2.56. The maximum absolute atomic E-state index is 12.0. The van der Waals surface area contributed by atoms with Crippen LogP contribution in [0.2, 0.25) is 0 Å². The van der Waals surface area contributed by atoms with E-state index in [1.807, 2.05) is 0 Å². The van der Waals surface area contributed by atoms with Gasteiger partial charge in [0.1, 0.15) is 6.04 Å². The highest BCUT2D eigenvalue weighted by Crippen LogP contribution is 2.21. The standard InChI is InChI=1S/C12H21N3O3/c1-2-10(11(16)17)13-12(18)15-7-6-14-5-3-4-9(14)8-15/h9-10H,2-8H2,1H3,(H,13,18)(H,16,17)/t9?,10-/m1/s1. The number of hydrogen-bond acceptors (Lipinski definition) is 3. The summed E-state index contributed by atoms with van der Waals surface area (Å²) in [4.78, 5) is 27.0. The zero-order valence-electron chi connectivity index (χ0n) is 10.8. The van der Waals surface area contributed by atoms with Crippen molar-refractivity contribution < 1.29 is 14.7 Å². The monoisotopic (exact) mass is 255 g/mol. The number of carboxylic acids is 1. The lowest BCUT2D eigenvalue weighted by molar-refractivity contribution is -0.139.